The van der Waals surface area contributed by atoms with Crippen molar-refractivity contribution in [2.45, 2.75) is 19.3 Å². The average Bonchev–Trinajstić information content (AvgIpc) is 2.64. The van der Waals surface area contributed by atoms with Gasteiger partial charge in [-0.2, -0.15) is 0 Å². The molecule has 1 saturated carbocycles. The number of ketones is 1. The van der Waals surface area contributed by atoms with E-state index in [9.17, 15) is 4.79 Å². The second-order valence-electron chi connectivity index (χ2n) is 3.91. The molecule has 1 heteroatoms. The lowest BCUT2D eigenvalue weighted by Crippen LogP contribution is -2.11. The molecule has 1 nitrogen and oxygen atoms in total. The molecule has 2 rings (SSSR count). The van der Waals surface area contributed by atoms with E-state index in [1.54, 1.807) is 0 Å². The minimum atomic E-state index is 0.209. The highest BCUT2D eigenvalue weighted by Crippen LogP contribution is 2.44. The number of carbonyl (C=O) groups is 1. The van der Waals surface area contributed by atoms with Crippen molar-refractivity contribution in [3.8, 4) is 0 Å². The van der Waals surface area contributed by atoms with Gasteiger partial charge in [-0.25, -0.2) is 0 Å². The van der Waals surface area contributed by atoms with E-state index in [-0.39, 0.29) is 5.78 Å². The van der Waals surface area contributed by atoms with Gasteiger partial charge in [-0.05, 0) is 36.7 Å². The largest absolute Gasteiger partial charge is 0.295 e. The van der Waals surface area contributed by atoms with E-state index in [2.05, 4.69) is 18.7 Å². The summed E-state index contributed by atoms with van der Waals surface area (Å²) >= 11 is 0. The monoisotopic (exact) mass is 162 g/mol. The van der Waals surface area contributed by atoms with Gasteiger partial charge in [-0.15, -0.1) is 0 Å². The van der Waals surface area contributed by atoms with E-state index in [1.165, 1.54) is 18.9 Å². The summed E-state index contributed by atoms with van der Waals surface area (Å²) in [6.07, 6.45) is 9.27. The summed E-state index contributed by atoms with van der Waals surface area (Å²) in [6.45, 7) is 3.50. The predicted molar refractivity (Wildman–Crippen MR) is 48.7 cm³/mol. The Hall–Kier alpha value is -0.850. The first kappa shape index (κ1) is 7.78. The first-order valence-electron chi connectivity index (χ1n) is 4.63. The molecule has 0 aromatic carbocycles. The fourth-order valence-electron chi connectivity index (χ4n) is 2.47. The number of fused-ring (bicyclic) bond motifs is 2. The maximum absolute atomic E-state index is 11.1. The van der Waals surface area contributed by atoms with E-state index in [0.29, 0.717) is 11.8 Å². The van der Waals surface area contributed by atoms with Crippen LogP contribution in [0.5, 0.6) is 0 Å². The molecule has 12 heavy (non-hydrogen) atoms. The molecule has 64 valence electrons. The van der Waals surface area contributed by atoms with Gasteiger partial charge >= 0.3 is 0 Å². The number of carbonyl (C=O) groups excluding carboxylic acids is 1. The van der Waals surface area contributed by atoms with Crippen molar-refractivity contribution in [2.24, 2.45) is 17.8 Å². The van der Waals surface area contributed by atoms with Gasteiger partial charge < -0.3 is 0 Å². The third-order valence-corrected chi connectivity index (χ3v) is 3.11. The van der Waals surface area contributed by atoms with Crippen LogP contribution in [0.2, 0.25) is 0 Å². The molecular formula is C11H14O. The Balaban J connectivity index is 1.95. The zero-order valence-electron chi connectivity index (χ0n) is 7.20. The highest BCUT2D eigenvalue weighted by Gasteiger charge is 2.35. The molecule has 0 aromatic heterocycles. The van der Waals surface area contributed by atoms with Crippen molar-refractivity contribution < 1.29 is 4.79 Å². The Morgan fingerprint density at radius 2 is 2.33 bits per heavy atom. The molecule has 0 aliphatic heterocycles. The second-order valence-corrected chi connectivity index (χ2v) is 3.91. The molecule has 2 aliphatic rings. The summed E-state index contributed by atoms with van der Waals surface area (Å²) in [7, 11) is 0. The zero-order valence-corrected chi connectivity index (χ0v) is 7.20. The fourth-order valence-corrected chi connectivity index (χ4v) is 2.47. The Morgan fingerprint density at radius 1 is 1.50 bits per heavy atom. The zero-order chi connectivity index (χ0) is 8.55. The number of hydrogen-bond acceptors (Lipinski definition) is 1. The van der Waals surface area contributed by atoms with Crippen LogP contribution in [0, 0.1) is 17.8 Å². The molecule has 0 saturated heterocycles. The van der Waals surface area contributed by atoms with Crippen molar-refractivity contribution in [1.29, 1.82) is 0 Å². The Labute approximate surface area is 73.2 Å². The summed E-state index contributed by atoms with van der Waals surface area (Å²) in [6, 6.07) is 0. The quantitative estimate of drug-likeness (QED) is 0.460. The molecule has 2 bridgehead atoms. The molecule has 0 aromatic rings. The Morgan fingerprint density at radius 3 is 2.83 bits per heavy atom. The van der Waals surface area contributed by atoms with E-state index in [1.807, 2.05) is 0 Å². The van der Waals surface area contributed by atoms with Crippen molar-refractivity contribution in [1.82, 2.24) is 0 Å². The first-order chi connectivity index (χ1) is 5.79. The molecule has 3 atom stereocenters. The molecule has 2 aliphatic carbocycles. The number of hydrogen-bond donors (Lipinski definition) is 0. The molecule has 0 N–H and O–H groups in total. The smallest absolute Gasteiger partial charge is 0.155 e. The third kappa shape index (κ3) is 1.24. The maximum atomic E-state index is 11.1. The molecule has 0 spiro atoms. The molecule has 0 radical (unpaired) electrons. The van der Waals surface area contributed by atoms with Crippen molar-refractivity contribution >= 4 is 5.78 Å². The van der Waals surface area contributed by atoms with Gasteiger partial charge in [0.15, 0.2) is 5.78 Å². The first-order valence-corrected chi connectivity index (χ1v) is 4.63. The summed E-state index contributed by atoms with van der Waals surface area (Å²) in [4.78, 5) is 11.1. The van der Waals surface area contributed by atoms with E-state index in [0.717, 1.165) is 12.3 Å². The van der Waals surface area contributed by atoms with E-state index in [4.69, 9.17) is 0 Å². The predicted octanol–water partition coefficient (Wildman–Crippen LogP) is 2.34. The normalized spacial score (nSPS) is 37.2. The van der Waals surface area contributed by atoms with Crippen LogP contribution in [-0.2, 0) is 4.79 Å². The second kappa shape index (κ2) is 2.89. The molecule has 1 fully saturated rings. The van der Waals surface area contributed by atoms with Crippen molar-refractivity contribution in [3.63, 3.8) is 0 Å². The lowest BCUT2D eigenvalue weighted by atomic mass is 9.89. The van der Waals surface area contributed by atoms with Crippen LogP contribution in [0.4, 0.5) is 0 Å². The lowest BCUT2D eigenvalue weighted by molar-refractivity contribution is -0.115. The SMILES string of the molecule is C=CC(=O)CC1CC2C=CC1C2. The molecular weight excluding hydrogens is 148 g/mol. The minimum Gasteiger partial charge on any atom is -0.295 e. The Kier molecular flexibility index (Phi) is 1.87. The van der Waals surface area contributed by atoms with E-state index >= 15 is 0 Å². The van der Waals surface area contributed by atoms with Gasteiger partial charge in [-0.1, -0.05) is 18.7 Å². The summed E-state index contributed by atoms with van der Waals surface area (Å²) in [5.41, 5.74) is 0. The van der Waals surface area contributed by atoms with Crippen LogP contribution in [0.25, 0.3) is 0 Å². The van der Waals surface area contributed by atoms with Gasteiger partial charge in [0.2, 0.25) is 0 Å². The van der Waals surface area contributed by atoms with Gasteiger partial charge in [0.25, 0.3) is 0 Å². The maximum Gasteiger partial charge on any atom is 0.155 e. The minimum absolute atomic E-state index is 0.209. The van der Waals surface area contributed by atoms with Crippen LogP contribution >= 0.6 is 0 Å². The highest BCUT2D eigenvalue weighted by atomic mass is 16.1. The average molecular weight is 162 g/mol. The lowest BCUT2D eigenvalue weighted by Gasteiger charge is -2.15. The van der Waals surface area contributed by atoms with Gasteiger partial charge in [-0.3, -0.25) is 4.79 Å². The van der Waals surface area contributed by atoms with Crippen LogP contribution in [0.15, 0.2) is 24.8 Å². The van der Waals surface area contributed by atoms with Crippen molar-refractivity contribution in [3.05, 3.63) is 24.8 Å². The summed E-state index contributed by atoms with van der Waals surface area (Å²) < 4.78 is 0. The fraction of sp³-hybridized carbons (Fsp3) is 0.545. The highest BCUT2D eigenvalue weighted by molar-refractivity contribution is 5.89. The number of allylic oxidation sites excluding steroid dienone is 3. The molecule has 0 heterocycles. The topological polar surface area (TPSA) is 17.1 Å². The van der Waals surface area contributed by atoms with Gasteiger partial charge in [0, 0.05) is 6.42 Å². The third-order valence-electron chi connectivity index (χ3n) is 3.11. The summed E-state index contributed by atoms with van der Waals surface area (Å²) in [5, 5.41) is 0. The van der Waals surface area contributed by atoms with Crippen LogP contribution in [0.3, 0.4) is 0 Å². The van der Waals surface area contributed by atoms with Crippen LogP contribution < -0.4 is 0 Å². The number of rotatable bonds is 3. The molecule has 0 amide bonds. The van der Waals surface area contributed by atoms with Gasteiger partial charge in [0.1, 0.15) is 0 Å². The summed E-state index contributed by atoms with van der Waals surface area (Å²) in [5.74, 6) is 2.29. The van der Waals surface area contributed by atoms with Gasteiger partial charge in [0.05, 0.1) is 0 Å². The van der Waals surface area contributed by atoms with Crippen molar-refractivity contribution in [2.75, 3.05) is 0 Å². The standard InChI is InChI=1S/C11H14O/c1-2-11(12)7-10-6-8-3-4-9(10)5-8/h2-4,8-10H,1,5-7H2. The molecule has 3 unspecified atom stereocenters. The Bertz CT molecular complexity index is 239. The van der Waals surface area contributed by atoms with Crippen LogP contribution in [0.1, 0.15) is 19.3 Å². The van der Waals surface area contributed by atoms with E-state index < -0.39 is 0 Å². The van der Waals surface area contributed by atoms with Crippen LogP contribution in [-0.4, -0.2) is 5.78 Å².